The van der Waals surface area contributed by atoms with Crippen molar-refractivity contribution in [3.63, 3.8) is 0 Å². The van der Waals surface area contributed by atoms with Crippen molar-refractivity contribution < 1.29 is 18.3 Å². The molecule has 0 atom stereocenters. The molecule has 4 heteroatoms. The van der Waals surface area contributed by atoms with Crippen LogP contribution in [0.15, 0.2) is 18.2 Å². The first kappa shape index (κ1) is 10.8. The smallest absolute Gasteiger partial charge is 0.169 e. The molecule has 0 saturated carbocycles. The van der Waals surface area contributed by atoms with Gasteiger partial charge in [-0.2, -0.15) is 0 Å². The summed E-state index contributed by atoms with van der Waals surface area (Å²) < 4.78 is 30.4. The van der Waals surface area contributed by atoms with Gasteiger partial charge in [-0.25, -0.2) is 8.78 Å². The highest BCUT2D eigenvalue weighted by atomic mass is 19.2. The third-order valence-corrected chi connectivity index (χ3v) is 1.79. The zero-order valence-corrected chi connectivity index (χ0v) is 7.72. The van der Waals surface area contributed by atoms with Gasteiger partial charge < -0.3 is 4.74 Å². The Balaban J connectivity index is 2.84. The Morgan fingerprint density at radius 1 is 1.43 bits per heavy atom. The van der Waals surface area contributed by atoms with Crippen LogP contribution >= 0.6 is 0 Å². The lowest BCUT2D eigenvalue weighted by atomic mass is 10.1. The van der Waals surface area contributed by atoms with E-state index in [0.29, 0.717) is 0 Å². The summed E-state index contributed by atoms with van der Waals surface area (Å²) in [5.74, 6) is -2.55. The SMILES string of the molecule is COCCC(=O)c1cccc(F)c1F. The summed E-state index contributed by atoms with van der Waals surface area (Å²) in [6.45, 7) is 0.203. The van der Waals surface area contributed by atoms with Gasteiger partial charge in [0.05, 0.1) is 12.2 Å². The Hall–Kier alpha value is -1.29. The normalized spacial score (nSPS) is 10.2. The van der Waals surface area contributed by atoms with Gasteiger partial charge in [-0.3, -0.25) is 4.79 Å². The molecule has 0 saturated heterocycles. The molecule has 1 rings (SSSR count). The molecule has 2 nitrogen and oxygen atoms in total. The van der Waals surface area contributed by atoms with Crippen LogP contribution < -0.4 is 0 Å². The molecule has 14 heavy (non-hydrogen) atoms. The summed E-state index contributed by atoms with van der Waals surface area (Å²) in [7, 11) is 1.44. The van der Waals surface area contributed by atoms with E-state index < -0.39 is 17.4 Å². The Kier molecular flexibility index (Phi) is 3.71. The maximum Gasteiger partial charge on any atom is 0.169 e. The third-order valence-electron chi connectivity index (χ3n) is 1.79. The van der Waals surface area contributed by atoms with E-state index in [1.54, 1.807) is 0 Å². The number of methoxy groups -OCH3 is 1. The number of hydrogen-bond acceptors (Lipinski definition) is 2. The Morgan fingerprint density at radius 3 is 2.79 bits per heavy atom. The van der Waals surface area contributed by atoms with Gasteiger partial charge in [0.15, 0.2) is 17.4 Å². The molecule has 0 amide bonds. The fourth-order valence-electron chi connectivity index (χ4n) is 1.05. The fourth-order valence-corrected chi connectivity index (χ4v) is 1.05. The average Bonchev–Trinajstić information content (AvgIpc) is 2.18. The number of carbonyl (C=O) groups is 1. The molecule has 0 bridgehead atoms. The third kappa shape index (κ3) is 2.35. The van der Waals surface area contributed by atoms with Crippen LogP contribution in [0.1, 0.15) is 16.8 Å². The Labute approximate surface area is 80.5 Å². The molecule has 0 aromatic heterocycles. The van der Waals surface area contributed by atoms with Crippen LogP contribution in [-0.2, 0) is 4.74 Å². The monoisotopic (exact) mass is 200 g/mol. The Morgan fingerprint density at radius 2 is 2.14 bits per heavy atom. The van der Waals surface area contributed by atoms with Crippen LogP contribution in [0, 0.1) is 11.6 Å². The van der Waals surface area contributed by atoms with Crippen LogP contribution in [-0.4, -0.2) is 19.5 Å². The number of ketones is 1. The molecule has 76 valence electrons. The van der Waals surface area contributed by atoms with Crippen molar-refractivity contribution in [1.82, 2.24) is 0 Å². The average molecular weight is 200 g/mol. The van der Waals surface area contributed by atoms with Gasteiger partial charge in [-0.1, -0.05) is 6.07 Å². The van der Waals surface area contributed by atoms with Gasteiger partial charge in [-0.05, 0) is 12.1 Å². The van der Waals surface area contributed by atoms with Crippen LogP contribution in [0.4, 0.5) is 8.78 Å². The lowest BCUT2D eigenvalue weighted by Gasteiger charge is -2.02. The topological polar surface area (TPSA) is 26.3 Å². The van der Waals surface area contributed by atoms with Crippen molar-refractivity contribution in [3.05, 3.63) is 35.4 Å². The van der Waals surface area contributed by atoms with Crippen molar-refractivity contribution in [2.24, 2.45) is 0 Å². The van der Waals surface area contributed by atoms with Crippen LogP contribution in [0.3, 0.4) is 0 Å². The first-order valence-corrected chi connectivity index (χ1v) is 4.13. The molecule has 0 fully saturated rings. The first-order valence-electron chi connectivity index (χ1n) is 4.13. The van der Waals surface area contributed by atoms with Crippen molar-refractivity contribution in [2.45, 2.75) is 6.42 Å². The lowest BCUT2D eigenvalue weighted by Crippen LogP contribution is -2.06. The summed E-state index contributed by atoms with van der Waals surface area (Å²) in [6.07, 6.45) is 0.0525. The van der Waals surface area contributed by atoms with E-state index in [0.717, 1.165) is 6.07 Å². The molecule has 0 heterocycles. The number of ether oxygens (including phenoxy) is 1. The number of halogens is 2. The molecular formula is C10H10F2O2. The molecule has 0 aliphatic carbocycles. The van der Waals surface area contributed by atoms with Crippen LogP contribution in [0.25, 0.3) is 0 Å². The molecule has 0 radical (unpaired) electrons. The van der Waals surface area contributed by atoms with Crippen LogP contribution in [0.5, 0.6) is 0 Å². The number of benzene rings is 1. The molecule has 1 aromatic carbocycles. The number of Topliss-reactive ketones (excluding diaryl/α,β-unsaturated/α-hetero) is 1. The standard InChI is InChI=1S/C10H10F2O2/c1-14-6-5-9(13)7-3-2-4-8(11)10(7)12/h2-4H,5-6H2,1H3. The molecule has 1 aromatic rings. The predicted octanol–water partition coefficient (Wildman–Crippen LogP) is 2.18. The second-order valence-corrected chi connectivity index (χ2v) is 2.77. The van der Waals surface area contributed by atoms with E-state index in [4.69, 9.17) is 0 Å². The zero-order valence-electron chi connectivity index (χ0n) is 7.72. The molecular weight excluding hydrogens is 190 g/mol. The minimum Gasteiger partial charge on any atom is -0.384 e. The lowest BCUT2D eigenvalue weighted by molar-refractivity contribution is 0.0927. The summed E-state index contributed by atoms with van der Waals surface area (Å²) in [6, 6.07) is 3.54. The minimum absolute atomic E-state index is 0.0525. The number of carbonyl (C=O) groups excluding carboxylic acids is 1. The second-order valence-electron chi connectivity index (χ2n) is 2.77. The summed E-state index contributed by atoms with van der Waals surface area (Å²) in [5, 5.41) is 0. The highest BCUT2D eigenvalue weighted by Gasteiger charge is 2.14. The Bertz CT molecular complexity index is 337. The van der Waals surface area contributed by atoms with E-state index in [1.165, 1.54) is 19.2 Å². The largest absolute Gasteiger partial charge is 0.384 e. The van der Waals surface area contributed by atoms with Crippen molar-refractivity contribution in [3.8, 4) is 0 Å². The minimum atomic E-state index is -1.09. The molecule has 0 aliphatic heterocycles. The second kappa shape index (κ2) is 4.81. The highest BCUT2D eigenvalue weighted by Crippen LogP contribution is 2.13. The maximum absolute atomic E-state index is 13.0. The van der Waals surface area contributed by atoms with Crippen LogP contribution in [0.2, 0.25) is 0 Å². The van der Waals surface area contributed by atoms with Gasteiger partial charge >= 0.3 is 0 Å². The maximum atomic E-state index is 13.0. The number of hydrogen-bond donors (Lipinski definition) is 0. The number of rotatable bonds is 4. The van der Waals surface area contributed by atoms with E-state index >= 15 is 0 Å². The van der Waals surface area contributed by atoms with Gasteiger partial charge in [0.2, 0.25) is 0 Å². The summed E-state index contributed by atoms with van der Waals surface area (Å²) in [5.41, 5.74) is -0.220. The summed E-state index contributed by atoms with van der Waals surface area (Å²) in [4.78, 5) is 11.3. The molecule has 0 N–H and O–H groups in total. The molecule has 0 aliphatic rings. The quantitative estimate of drug-likeness (QED) is 0.696. The molecule has 0 unspecified atom stereocenters. The van der Waals surface area contributed by atoms with Crippen molar-refractivity contribution >= 4 is 5.78 Å². The predicted molar refractivity (Wildman–Crippen MR) is 47.2 cm³/mol. The fraction of sp³-hybridized carbons (Fsp3) is 0.300. The van der Waals surface area contributed by atoms with Gasteiger partial charge in [0, 0.05) is 13.5 Å². The van der Waals surface area contributed by atoms with Gasteiger partial charge in [0.25, 0.3) is 0 Å². The zero-order chi connectivity index (χ0) is 10.6. The van der Waals surface area contributed by atoms with Gasteiger partial charge in [0.1, 0.15) is 0 Å². The van der Waals surface area contributed by atoms with E-state index in [9.17, 15) is 13.6 Å². The van der Waals surface area contributed by atoms with E-state index in [1.807, 2.05) is 0 Å². The highest BCUT2D eigenvalue weighted by molar-refractivity contribution is 5.96. The molecule has 0 spiro atoms. The van der Waals surface area contributed by atoms with Gasteiger partial charge in [-0.15, -0.1) is 0 Å². The van der Waals surface area contributed by atoms with Crippen molar-refractivity contribution in [2.75, 3.05) is 13.7 Å². The first-order chi connectivity index (χ1) is 6.66. The van der Waals surface area contributed by atoms with Crippen molar-refractivity contribution in [1.29, 1.82) is 0 Å². The van der Waals surface area contributed by atoms with E-state index in [2.05, 4.69) is 4.74 Å². The van der Waals surface area contributed by atoms with E-state index in [-0.39, 0.29) is 18.6 Å². The summed E-state index contributed by atoms with van der Waals surface area (Å²) >= 11 is 0.